The van der Waals surface area contributed by atoms with Crippen LogP contribution in [0.1, 0.15) is 21.6 Å². The summed E-state index contributed by atoms with van der Waals surface area (Å²) in [6.07, 6.45) is 1.72. The number of amides is 1. The summed E-state index contributed by atoms with van der Waals surface area (Å²) in [5.41, 5.74) is 5.19. The molecular weight excluding hydrogens is 443 g/mol. The predicted molar refractivity (Wildman–Crippen MR) is 133 cm³/mol. The van der Waals surface area contributed by atoms with Gasteiger partial charge >= 0.3 is 0 Å². The molecule has 0 radical (unpaired) electrons. The van der Waals surface area contributed by atoms with E-state index >= 15 is 0 Å². The minimum Gasteiger partial charge on any atom is -0.497 e. The van der Waals surface area contributed by atoms with Gasteiger partial charge < -0.3 is 10.1 Å². The van der Waals surface area contributed by atoms with Gasteiger partial charge in [-0.1, -0.05) is 30.3 Å². The van der Waals surface area contributed by atoms with E-state index in [2.05, 4.69) is 10.4 Å². The Balaban J connectivity index is 1.50. The van der Waals surface area contributed by atoms with Gasteiger partial charge in [0.25, 0.3) is 5.91 Å². The third kappa shape index (κ3) is 4.48. The van der Waals surface area contributed by atoms with E-state index in [4.69, 9.17) is 9.72 Å². The quantitative estimate of drug-likeness (QED) is 0.360. The van der Waals surface area contributed by atoms with Crippen LogP contribution in [0.2, 0.25) is 0 Å². The van der Waals surface area contributed by atoms with Crippen molar-refractivity contribution in [3.63, 3.8) is 0 Å². The first kappa shape index (κ1) is 22.3. The molecule has 0 aliphatic heterocycles. The van der Waals surface area contributed by atoms with E-state index in [-0.39, 0.29) is 11.7 Å². The Labute approximate surface area is 202 Å². The molecule has 0 aliphatic carbocycles. The molecule has 35 heavy (non-hydrogen) atoms. The van der Waals surface area contributed by atoms with Gasteiger partial charge in [-0.3, -0.25) is 4.79 Å². The maximum atomic E-state index is 13.4. The number of pyridine rings is 1. The first-order chi connectivity index (χ1) is 17.0. The summed E-state index contributed by atoms with van der Waals surface area (Å²) in [4.78, 5) is 18.1. The zero-order valence-electron chi connectivity index (χ0n) is 19.3. The molecule has 1 N–H and O–H groups in total. The second-order valence-electron chi connectivity index (χ2n) is 8.14. The summed E-state index contributed by atoms with van der Waals surface area (Å²) in [7, 11) is 1.61. The van der Waals surface area contributed by atoms with Crippen LogP contribution in [0.15, 0.2) is 85.1 Å². The standard InChI is InChI=1S/C28H23FN4O2/c1-18-25(17-31-33(18)21-12-10-20(29)11-13-21)27-15-24(23-8-3-4-9-26(23)32-27)28(34)30-16-19-6-5-7-22(14-19)35-2/h3-15,17H,16H2,1-2H3,(H,30,34). The first-order valence-electron chi connectivity index (χ1n) is 11.2. The number of carbonyl (C=O) groups excluding carboxylic acids is 1. The van der Waals surface area contributed by atoms with Gasteiger partial charge in [-0.05, 0) is 61.0 Å². The zero-order chi connectivity index (χ0) is 24.4. The van der Waals surface area contributed by atoms with Crippen molar-refractivity contribution in [2.24, 2.45) is 0 Å². The molecule has 0 spiro atoms. The summed E-state index contributed by atoms with van der Waals surface area (Å²) >= 11 is 0. The average Bonchev–Trinajstić information content (AvgIpc) is 3.28. The first-order valence-corrected chi connectivity index (χ1v) is 11.2. The molecule has 5 rings (SSSR count). The largest absolute Gasteiger partial charge is 0.497 e. The highest BCUT2D eigenvalue weighted by Gasteiger charge is 2.17. The van der Waals surface area contributed by atoms with Crippen LogP contribution < -0.4 is 10.1 Å². The van der Waals surface area contributed by atoms with Crippen LogP contribution in [0, 0.1) is 12.7 Å². The van der Waals surface area contributed by atoms with Gasteiger partial charge in [0.15, 0.2) is 0 Å². The third-order valence-corrected chi connectivity index (χ3v) is 5.90. The lowest BCUT2D eigenvalue weighted by atomic mass is 10.0. The zero-order valence-corrected chi connectivity index (χ0v) is 19.3. The number of hydrogen-bond acceptors (Lipinski definition) is 4. The summed E-state index contributed by atoms with van der Waals surface area (Å²) in [5, 5.41) is 8.26. The lowest BCUT2D eigenvalue weighted by molar-refractivity contribution is 0.0952. The van der Waals surface area contributed by atoms with Crippen molar-refractivity contribution in [1.82, 2.24) is 20.1 Å². The lowest BCUT2D eigenvalue weighted by Gasteiger charge is -2.11. The highest BCUT2D eigenvalue weighted by atomic mass is 19.1. The molecule has 0 aliphatic rings. The number of rotatable bonds is 6. The molecule has 0 unspecified atom stereocenters. The van der Waals surface area contributed by atoms with E-state index in [1.54, 1.807) is 36.2 Å². The van der Waals surface area contributed by atoms with Gasteiger partial charge in [0, 0.05) is 17.5 Å². The molecular formula is C28H23FN4O2. The van der Waals surface area contributed by atoms with Gasteiger partial charge in [0.05, 0.1) is 41.5 Å². The van der Waals surface area contributed by atoms with Crippen molar-refractivity contribution >= 4 is 16.8 Å². The van der Waals surface area contributed by atoms with E-state index in [0.29, 0.717) is 23.3 Å². The molecule has 5 aromatic rings. The predicted octanol–water partition coefficient (Wildman–Crippen LogP) is 5.47. The van der Waals surface area contributed by atoms with Crippen molar-refractivity contribution < 1.29 is 13.9 Å². The van der Waals surface area contributed by atoms with Crippen molar-refractivity contribution in [3.05, 3.63) is 108 Å². The molecule has 0 fully saturated rings. The van der Waals surface area contributed by atoms with Crippen LogP contribution in [0.4, 0.5) is 4.39 Å². The van der Waals surface area contributed by atoms with Crippen LogP contribution in [-0.2, 0) is 6.54 Å². The SMILES string of the molecule is COc1cccc(CNC(=O)c2cc(-c3cnn(-c4ccc(F)cc4)c3C)nc3ccccc23)c1. The summed E-state index contributed by atoms with van der Waals surface area (Å²) < 4.78 is 20.4. The fourth-order valence-electron chi connectivity index (χ4n) is 4.06. The summed E-state index contributed by atoms with van der Waals surface area (Å²) in [6.45, 7) is 2.29. The molecule has 0 atom stereocenters. The van der Waals surface area contributed by atoms with Gasteiger partial charge in [-0.15, -0.1) is 0 Å². The molecule has 2 heterocycles. The smallest absolute Gasteiger partial charge is 0.252 e. The molecule has 2 aromatic heterocycles. The highest BCUT2D eigenvalue weighted by Crippen LogP contribution is 2.28. The van der Waals surface area contributed by atoms with E-state index in [9.17, 15) is 9.18 Å². The number of halogens is 1. The van der Waals surface area contributed by atoms with Crippen LogP contribution in [0.3, 0.4) is 0 Å². The topological polar surface area (TPSA) is 69.0 Å². The Kier molecular flexibility index (Phi) is 5.97. The van der Waals surface area contributed by atoms with Crippen molar-refractivity contribution in [2.75, 3.05) is 7.11 Å². The van der Waals surface area contributed by atoms with Crippen LogP contribution in [0.5, 0.6) is 5.75 Å². The number of carbonyl (C=O) groups is 1. The summed E-state index contributed by atoms with van der Waals surface area (Å²) in [6, 6.07) is 23.1. The van der Waals surface area contributed by atoms with Crippen molar-refractivity contribution in [3.8, 4) is 22.7 Å². The van der Waals surface area contributed by atoms with E-state index < -0.39 is 0 Å². The monoisotopic (exact) mass is 466 g/mol. The Hall–Kier alpha value is -4.52. The van der Waals surface area contributed by atoms with Gasteiger partial charge in [-0.2, -0.15) is 5.10 Å². The number of benzene rings is 3. The number of aromatic nitrogens is 3. The van der Waals surface area contributed by atoms with E-state index in [0.717, 1.165) is 33.6 Å². The molecule has 1 amide bonds. The molecule has 0 saturated carbocycles. The molecule has 7 heteroatoms. The molecule has 0 saturated heterocycles. The fraction of sp³-hybridized carbons (Fsp3) is 0.107. The average molecular weight is 467 g/mol. The molecule has 6 nitrogen and oxygen atoms in total. The Bertz CT molecular complexity index is 1530. The number of nitrogens with one attached hydrogen (secondary N) is 1. The van der Waals surface area contributed by atoms with Crippen molar-refractivity contribution in [1.29, 1.82) is 0 Å². The van der Waals surface area contributed by atoms with Gasteiger partial charge in [-0.25, -0.2) is 14.1 Å². The number of fused-ring (bicyclic) bond motifs is 1. The Morgan fingerprint density at radius 2 is 1.83 bits per heavy atom. The van der Waals surface area contributed by atoms with E-state index in [1.807, 2.05) is 55.5 Å². The normalized spacial score (nSPS) is 10.9. The third-order valence-electron chi connectivity index (χ3n) is 5.90. The lowest BCUT2D eigenvalue weighted by Crippen LogP contribution is -2.23. The number of para-hydroxylation sites is 1. The van der Waals surface area contributed by atoms with Crippen LogP contribution >= 0.6 is 0 Å². The minimum atomic E-state index is -0.306. The fourth-order valence-corrected chi connectivity index (χ4v) is 4.06. The summed E-state index contributed by atoms with van der Waals surface area (Å²) in [5.74, 6) is 0.234. The number of hydrogen-bond donors (Lipinski definition) is 1. The van der Waals surface area contributed by atoms with Gasteiger partial charge in [0.2, 0.25) is 0 Å². The van der Waals surface area contributed by atoms with Crippen LogP contribution in [0.25, 0.3) is 27.8 Å². The number of methoxy groups -OCH3 is 1. The molecule has 174 valence electrons. The second kappa shape index (κ2) is 9.38. The Morgan fingerprint density at radius 1 is 1.03 bits per heavy atom. The second-order valence-corrected chi connectivity index (χ2v) is 8.14. The van der Waals surface area contributed by atoms with Gasteiger partial charge in [0.1, 0.15) is 11.6 Å². The maximum absolute atomic E-state index is 13.4. The highest BCUT2D eigenvalue weighted by molar-refractivity contribution is 6.07. The van der Waals surface area contributed by atoms with Crippen molar-refractivity contribution in [2.45, 2.75) is 13.5 Å². The maximum Gasteiger partial charge on any atom is 0.252 e. The number of nitrogens with zero attached hydrogens (tertiary/aromatic N) is 3. The Morgan fingerprint density at radius 3 is 2.63 bits per heavy atom. The molecule has 0 bridgehead atoms. The van der Waals surface area contributed by atoms with E-state index in [1.165, 1.54) is 12.1 Å². The molecule has 3 aromatic carbocycles. The minimum absolute atomic E-state index is 0.198. The number of ether oxygens (including phenoxy) is 1. The van der Waals surface area contributed by atoms with Crippen LogP contribution in [-0.4, -0.2) is 27.8 Å².